The second-order valence-electron chi connectivity index (χ2n) is 5.60. The van der Waals surface area contributed by atoms with Crippen molar-refractivity contribution in [3.8, 4) is 5.75 Å². The van der Waals surface area contributed by atoms with Gasteiger partial charge in [0.15, 0.2) is 0 Å². The van der Waals surface area contributed by atoms with Gasteiger partial charge in [-0.2, -0.15) is 4.31 Å². The van der Waals surface area contributed by atoms with Crippen LogP contribution in [0.15, 0.2) is 24.3 Å². The molecule has 6 nitrogen and oxygen atoms in total. The molecule has 1 aromatic rings. The minimum atomic E-state index is -3.32. The maximum absolute atomic E-state index is 12.1. The number of rotatable bonds is 6. The molecule has 23 heavy (non-hydrogen) atoms. The van der Waals surface area contributed by atoms with Gasteiger partial charge in [-0.1, -0.05) is 11.6 Å². The van der Waals surface area contributed by atoms with Crippen LogP contribution < -0.4 is 4.74 Å². The number of hydrogen-bond donors (Lipinski definition) is 0. The smallest absolute Gasteiger partial charge is 0.237 e. The van der Waals surface area contributed by atoms with E-state index in [-0.39, 0.29) is 12.5 Å². The van der Waals surface area contributed by atoms with Crippen LogP contribution in [0.25, 0.3) is 0 Å². The average Bonchev–Trinajstić information content (AvgIpc) is 2.76. The normalized spacial score (nSPS) is 20.4. The van der Waals surface area contributed by atoms with Crippen LogP contribution in [-0.2, 0) is 14.8 Å². The predicted octanol–water partition coefficient (Wildman–Crippen LogP) is 1.60. The van der Waals surface area contributed by atoms with Crippen LogP contribution in [0.3, 0.4) is 0 Å². The summed E-state index contributed by atoms with van der Waals surface area (Å²) < 4.78 is 30.8. The van der Waals surface area contributed by atoms with Crippen LogP contribution >= 0.6 is 11.6 Å². The highest BCUT2D eigenvalue weighted by atomic mass is 35.5. The van der Waals surface area contributed by atoms with E-state index in [1.165, 1.54) is 9.21 Å². The molecule has 128 valence electrons. The number of sulfonamides is 1. The number of halogens is 1. The molecule has 0 N–H and O–H groups in total. The van der Waals surface area contributed by atoms with Gasteiger partial charge in [0.25, 0.3) is 0 Å². The maximum Gasteiger partial charge on any atom is 0.237 e. The van der Waals surface area contributed by atoms with E-state index >= 15 is 0 Å². The third kappa shape index (κ3) is 4.59. The topological polar surface area (TPSA) is 66.9 Å². The van der Waals surface area contributed by atoms with E-state index in [0.717, 1.165) is 0 Å². The Morgan fingerprint density at radius 1 is 1.39 bits per heavy atom. The van der Waals surface area contributed by atoms with Crippen LogP contribution in [0, 0.1) is 0 Å². The van der Waals surface area contributed by atoms with Crippen molar-refractivity contribution in [1.29, 1.82) is 0 Å². The molecule has 1 aromatic carbocycles. The Morgan fingerprint density at radius 3 is 2.61 bits per heavy atom. The van der Waals surface area contributed by atoms with Crippen LogP contribution in [0.5, 0.6) is 5.75 Å². The number of ether oxygens (including phenoxy) is 1. The number of amides is 1. The molecule has 1 fully saturated rings. The number of nitrogens with zero attached hydrogens (tertiary/aromatic N) is 2. The molecule has 1 unspecified atom stereocenters. The van der Waals surface area contributed by atoms with Crippen molar-refractivity contribution in [2.45, 2.75) is 18.6 Å². The highest BCUT2D eigenvalue weighted by Gasteiger charge is 2.36. The van der Waals surface area contributed by atoms with E-state index in [1.807, 2.05) is 0 Å². The fraction of sp³-hybridized carbons (Fsp3) is 0.533. The Bertz CT molecular complexity index is 648. The van der Waals surface area contributed by atoms with Gasteiger partial charge in [-0.05, 0) is 37.6 Å². The molecular formula is C15H21ClN2O4S. The molecular weight excluding hydrogens is 340 g/mol. The van der Waals surface area contributed by atoms with Crippen LogP contribution in [0.4, 0.5) is 0 Å². The number of carbonyl (C=O) groups excluding carboxylic acids is 1. The van der Waals surface area contributed by atoms with Crippen molar-refractivity contribution in [1.82, 2.24) is 9.21 Å². The molecule has 1 aliphatic rings. The Kier molecular flexibility index (Phi) is 5.89. The first-order valence-corrected chi connectivity index (χ1v) is 9.30. The Hall–Kier alpha value is -1.31. The fourth-order valence-corrected chi connectivity index (χ4v) is 3.94. The monoisotopic (exact) mass is 360 g/mol. The Morgan fingerprint density at radius 2 is 2.04 bits per heavy atom. The summed E-state index contributed by atoms with van der Waals surface area (Å²) in [5.41, 5.74) is 0. The van der Waals surface area contributed by atoms with Gasteiger partial charge in [0, 0.05) is 18.6 Å². The summed E-state index contributed by atoms with van der Waals surface area (Å²) >= 11 is 5.79. The van der Waals surface area contributed by atoms with Gasteiger partial charge in [-0.3, -0.25) is 4.79 Å². The minimum Gasteiger partial charge on any atom is -0.492 e. The van der Waals surface area contributed by atoms with Crippen molar-refractivity contribution in [3.05, 3.63) is 29.3 Å². The molecule has 0 spiro atoms. The summed E-state index contributed by atoms with van der Waals surface area (Å²) in [7, 11) is -1.68. The maximum atomic E-state index is 12.1. The van der Waals surface area contributed by atoms with Gasteiger partial charge in [0.1, 0.15) is 12.4 Å². The summed E-state index contributed by atoms with van der Waals surface area (Å²) in [6, 6.07) is 6.96. The Balaban J connectivity index is 1.78. The minimum absolute atomic E-state index is 0.107. The SMILES string of the molecule is CC1CCN(CC(=O)N(C)CCOc2ccc(Cl)cc2)S1(=O)=O. The fourth-order valence-electron chi connectivity index (χ4n) is 2.25. The molecule has 1 atom stereocenters. The molecule has 8 heteroatoms. The lowest BCUT2D eigenvalue weighted by atomic mass is 10.3. The number of benzene rings is 1. The zero-order chi connectivity index (χ0) is 17.0. The summed E-state index contributed by atoms with van der Waals surface area (Å²) in [5.74, 6) is 0.438. The standard InChI is InChI=1S/C15H21ClN2O4S/c1-12-7-8-18(23(12,20)21)11-15(19)17(2)9-10-22-14-5-3-13(16)4-6-14/h3-6,12H,7-11H2,1-2H3. The highest BCUT2D eigenvalue weighted by molar-refractivity contribution is 7.90. The van der Waals surface area contributed by atoms with Gasteiger partial charge in [0.05, 0.1) is 18.3 Å². The predicted molar refractivity (Wildman–Crippen MR) is 89.2 cm³/mol. The quantitative estimate of drug-likeness (QED) is 0.772. The number of hydrogen-bond acceptors (Lipinski definition) is 4. The third-order valence-corrected chi connectivity index (χ3v) is 6.44. The van der Waals surface area contributed by atoms with Crippen LogP contribution in [-0.4, -0.2) is 62.1 Å². The molecule has 1 aliphatic heterocycles. The van der Waals surface area contributed by atoms with Gasteiger partial charge >= 0.3 is 0 Å². The van der Waals surface area contributed by atoms with Crippen molar-refractivity contribution in [2.24, 2.45) is 0 Å². The van der Waals surface area contributed by atoms with E-state index in [4.69, 9.17) is 16.3 Å². The first-order valence-electron chi connectivity index (χ1n) is 7.42. The molecule has 0 aromatic heterocycles. The van der Waals surface area contributed by atoms with Crippen molar-refractivity contribution in [2.75, 3.05) is 33.3 Å². The molecule has 0 radical (unpaired) electrons. The molecule has 0 saturated carbocycles. The van der Waals surface area contributed by atoms with Gasteiger partial charge in [-0.15, -0.1) is 0 Å². The summed E-state index contributed by atoms with van der Waals surface area (Å²) in [6.07, 6.45) is 0.568. The second kappa shape index (κ2) is 7.51. The number of carbonyl (C=O) groups is 1. The first-order chi connectivity index (χ1) is 10.8. The lowest BCUT2D eigenvalue weighted by molar-refractivity contribution is -0.130. The van der Waals surface area contributed by atoms with Crippen LogP contribution in [0.2, 0.25) is 5.02 Å². The third-order valence-electron chi connectivity index (χ3n) is 3.90. The average molecular weight is 361 g/mol. The number of likely N-dealkylation sites (N-methyl/N-ethyl adjacent to an activating group) is 1. The second-order valence-corrected chi connectivity index (χ2v) is 8.38. The molecule has 2 rings (SSSR count). The molecule has 1 heterocycles. The highest BCUT2D eigenvalue weighted by Crippen LogP contribution is 2.21. The molecule has 0 bridgehead atoms. The van der Waals surface area contributed by atoms with E-state index in [9.17, 15) is 13.2 Å². The van der Waals surface area contributed by atoms with Crippen molar-refractivity contribution < 1.29 is 17.9 Å². The van der Waals surface area contributed by atoms with Gasteiger partial charge in [0.2, 0.25) is 15.9 Å². The van der Waals surface area contributed by atoms with Crippen molar-refractivity contribution >= 4 is 27.5 Å². The van der Waals surface area contributed by atoms with Crippen molar-refractivity contribution in [3.63, 3.8) is 0 Å². The van der Waals surface area contributed by atoms with Crippen LogP contribution in [0.1, 0.15) is 13.3 Å². The zero-order valence-corrected chi connectivity index (χ0v) is 14.8. The Labute approximate surface area is 142 Å². The first kappa shape index (κ1) is 18.0. The molecule has 1 saturated heterocycles. The lowest BCUT2D eigenvalue weighted by Gasteiger charge is -2.21. The lowest BCUT2D eigenvalue weighted by Crippen LogP contribution is -2.41. The largest absolute Gasteiger partial charge is 0.492 e. The van der Waals surface area contributed by atoms with E-state index < -0.39 is 15.3 Å². The molecule has 0 aliphatic carbocycles. The van der Waals surface area contributed by atoms with Gasteiger partial charge in [-0.25, -0.2) is 8.42 Å². The van der Waals surface area contributed by atoms with E-state index in [1.54, 1.807) is 38.2 Å². The molecule has 1 amide bonds. The summed E-state index contributed by atoms with van der Waals surface area (Å²) in [5, 5.41) is 0.222. The zero-order valence-electron chi connectivity index (χ0n) is 13.2. The van der Waals surface area contributed by atoms with Gasteiger partial charge < -0.3 is 9.64 Å². The van der Waals surface area contributed by atoms with E-state index in [0.29, 0.717) is 36.9 Å². The summed E-state index contributed by atoms with van der Waals surface area (Å²) in [4.78, 5) is 13.6. The van der Waals surface area contributed by atoms with E-state index in [2.05, 4.69) is 0 Å². The summed E-state index contributed by atoms with van der Waals surface area (Å²) in [6.45, 7) is 2.68.